The molecule has 0 unspecified atom stereocenters. The average molecular weight is 279 g/mol. The molecule has 1 aliphatic carbocycles. The Morgan fingerprint density at radius 1 is 1.24 bits per heavy atom. The molecule has 1 aromatic carbocycles. The van der Waals surface area contributed by atoms with Gasteiger partial charge in [-0.2, -0.15) is 0 Å². The van der Waals surface area contributed by atoms with E-state index in [0.29, 0.717) is 12.5 Å². The highest BCUT2D eigenvalue weighted by Crippen LogP contribution is 2.46. The molecule has 106 valence electrons. The Morgan fingerprint density at radius 3 is 2.90 bits per heavy atom. The molecule has 0 spiro atoms. The number of aromatic nitrogens is 1. The first-order chi connectivity index (χ1) is 10.3. The van der Waals surface area contributed by atoms with E-state index >= 15 is 0 Å². The number of rotatable bonds is 4. The van der Waals surface area contributed by atoms with Gasteiger partial charge in [0, 0.05) is 17.1 Å². The molecule has 0 saturated heterocycles. The molecule has 1 saturated carbocycles. The Morgan fingerprint density at radius 2 is 2.14 bits per heavy atom. The number of fused-ring (bicyclic) bond motifs is 1. The van der Waals surface area contributed by atoms with E-state index in [0.717, 1.165) is 22.8 Å². The van der Waals surface area contributed by atoms with Crippen molar-refractivity contribution in [3.05, 3.63) is 59.6 Å². The van der Waals surface area contributed by atoms with E-state index in [1.807, 2.05) is 30.3 Å². The predicted octanol–water partition coefficient (Wildman–Crippen LogP) is 4.59. The summed E-state index contributed by atoms with van der Waals surface area (Å²) in [6, 6.07) is 11.9. The third-order valence-corrected chi connectivity index (χ3v) is 3.98. The second-order valence-electron chi connectivity index (χ2n) is 5.61. The van der Waals surface area contributed by atoms with Crippen LogP contribution in [0.25, 0.3) is 11.0 Å². The molecule has 0 atom stereocenters. The van der Waals surface area contributed by atoms with E-state index in [2.05, 4.69) is 18.0 Å². The van der Waals surface area contributed by atoms with Crippen LogP contribution in [0.15, 0.2) is 47.0 Å². The van der Waals surface area contributed by atoms with Crippen molar-refractivity contribution in [3.8, 4) is 5.75 Å². The number of hydrogen-bond donors (Lipinski definition) is 0. The summed E-state index contributed by atoms with van der Waals surface area (Å²) >= 11 is 0. The SMILES string of the molecule is Cc1oc2ccc(OCc3ccccn3)cc2c1C1CC1. The molecule has 0 radical (unpaired) electrons. The quantitative estimate of drug-likeness (QED) is 0.700. The van der Waals surface area contributed by atoms with Crippen LogP contribution in [-0.4, -0.2) is 4.98 Å². The summed E-state index contributed by atoms with van der Waals surface area (Å²) in [5.41, 5.74) is 3.26. The average Bonchev–Trinajstić information content (AvgIpc) is 3.28. The maximum atomic E-state index is 5.86. The number of aryl methyl sites for hydroxylation is 1. The van der Waals surface area contributed by atoms with Crippen molar-refractivity contribution in [2.45, 2.75) is 32.3 Å². The first kappa shape index (κ1) is 12.5. The lowest BCUT2D eigenvalue weighted by atomic mass is 10.1. The van der Waals surface area contributed by atoms with Crippen molar-refractivity contribution in [3.63, 3.8) is 0 Å². The van der Waals surface area contributed by atoms with E-state index in [1.54, 1.807) is 6.20 Å². The van der Waals surface area contributed by atoms with Crippen LogP contribution in [0, 0.1) is 6.92 Å². The van der Waals surface area contributed by atoms with Gasteiger partial charge in [-0.3, -0.25) is 4.98 Å². The first-order valence-corrected chi connectivity index (χ1v) is 7.37. The highest BCUT2D eigenvalue weighted by Gasteiger charge is 2.29. The Kier molecular flexibility index (Phi) is 2.92. The van der Waals surface area contributed by atoms with Gasteiger partial charge in [0.05, 0.1) is 5.69 Å². The number of furan rings is 1. The lowest BCUT2D eigenvalue weighted by Gasteiger charge is -2.06. The van der Waals surface area contributed by atoms with Crippen LogP contribution < -0.4 is 4.74 Å². The van der Waals surface area contributed by atoms with Crippen molar-refractivity contribution in [1.29, 1.82) is 0 Å². The summed E-state index contributed by atoms with van der Waals surface area (Å²) in [6.45, 7) is 2.55. The molecule has 21 heavy (non-hydrogen) atoms. The minimum Gasteiger partial charge on any atom is -0.487 e. The van der Waals surface area contributed by atoms with Crippen molar-refractivity contribution in [2.24, 2.45) is 0 Å². The number of hydrogen-bond acceptors (Lipinski definition) is 3. The van der Waals surface area contributed by atoms with Crippen LogP contribution in [0.5, 0.6) is 5.75 Å². The molecule has 0 bridgehead atoms. The minimum absolute atomic E-state index is 0.488. The van der Waals surface area contributed by atoms with Crippen LogP contribution in [0.4, 0.5) is 0 Å². The monoisotopic (exact) mass is 279 g/mol. The second-order valence-corrected chi connectivity index (χ2v) is 5.61. The van der Waals surface area contributed by atoms with Crippen molar-refractivity contribution >= 4 is 11.0 Å². The molecule has 3 heteroatoms. The Balaban J connectivity index is 1.62. The maximum absolute atomic E-state index is 5.86. The molecule has 4 rings (SSSR count). The lowest BCUT2D eigenvalue weighted by molar-refractivity contribution is 0.301. The number of nitrogens with zero attached hydrogens (tertiary/aromatic N) is 1. The van der Waals surface area contributed by atoms with Gasteiger partial charge in [0.2, 0.25) is 0 Å². The Bertz CT molecular complexity index is 773. The maximum Gasteiger partial charge on any atom is 0.134 e. The smallest absolute Gasteiger partial charge is 0.134 e. The standard InChI is InChI=1S/C18H17NO2/c1-12-18(13-5-6-13)16-10-15(7-8-17(16)21-12)20-11-14-4-2-3-9-19-14/h2-4,7-10,13H,5-6,11H2,1H3. The lowest BCUT2D eigenvalue weighted by Crippen LogP contribution is -1.97. The van der Waals surface area contributed by atoms with Gasteiger partial charge in [-0.15, -0.1) is 0 Å². The van der Waals surface area contributed by atoms with Crippen LogP contribution in [0.1, 0.15) is 35.8 Å². The topological polar surface area (TPSA) is 35.3 Å². The van der Waals surface area contributed by atoms with E-state index in [9.17, 15) is 0 Å². The Hall–Kier alpha value is -2.29. The molecule has 2 heterocycles. The summed E-state index contributed by atoms with van der Waals surface area (Å²) in [5.74, 6) is 2.60. The molecular formula is C18H17NO2. The van der Waals surface area contributed by atoms with Crippen molar-refractivity contribution in [2.75, 3.05) is 0 Å². The molecule has 3 nitrogen and oxygen atoms in total. The summed E-state index contributed by atoms with van der Waals surface area (Å²) in [7, 11) is 0. The van der Waals surface area contributed by atoms with Gasteiger partial charge >= 0.3 is 0 Å². The molecule has 0 N–H and O–H groups in total. The Labute approximate surface area is 123 Å². The highest BCUT2D eigenvalue weighted by atomic mass is 16.5. The first-order valence-electron chi connectivity index (χ1n) is 7.37. The molecular weight excluding hydrogens is 262 g/mol. The summed E-state index contributed by atoms with van der Waals surface area (Å²) in [5, 5.41) is 1.20. The van der Waals surface area contributed by atoms with Gasteiger partial charge in [0.15, 0.2) is 0 Å². The largest absolute Gasteiger partial charge is 0.487 e. The zero-order chi connectivity index (χ0) is 14.2. The fourth-order valence-electron chi connectivity index (χ4n) is 2.83. The van der Waals surface area contributed by atoms with Crippen LogP contribution >= 0.6 is 0 Å². The van der Waals surface area contributed by atoms with E-state index in [4.69, 9.17) is 9.15 Å². The third kappa shape index (κ3) is 2.40. The normalized spacial score (nSPS) is 14.5. The summed E-state index contributed by atoms with van der Waals surface area (Å²) in [6.07, 6.45) is 4.33. The van der Waals surface area contributed by atoms with Gasteiger partial charge in [-0.05, 0) is 56.0 Å². The molecule has 1 aliphatic rings. The molecule has 1 fully saturated rings. The fraction of sp³-hybridized carbons (Fsp3) is 0.278. The second kappa shape index (κ2) is 4.92. The minimum atomic E-state index is 0.488. The number of pyridine rings is 1. The number of benzene rings is 1. The summed E-state index contributed by atoms with van der Waals surface area (Å²) < 4.78 is 11.7. The van der Waals surface area contributed by atoms with Gasteiger partial charge in [0.25, 0.3) is 0 Å². The van der Waals surface area contributed by atoms with Crippen LogP contribution in [-0.2, 0) is 6.61 Å². The molecule has 0 amide bonds. The van der Waals surface area contributed by atoms with E-state index in [-0.39, 0.29) is 0 Å². The predicted molar refractivity (Wildman–Crippen MR) is 81.5 cm³/mol. The summed E-state index contributed by atoms with van der Waals surface area (Å²) in [4.78, 5) is 4.27. The highest BCUT2D eigenvalue weighted by molar-refractivity contribution is 5.84. The zero-order valence-electron chi connectivity index (χ0n) is 12.0. The zero-order valence-corrected chi connectivity index (χ0v) is 12.0. The third-order valence-electron chi connectivity index (χ3n) is 3.98. The van der Waals surface area contributed by atoms with Gasteiger partial charge in [0.1, 0.15) is 23.7 Å². The number of ether oxygens (including phenoxy) is 1. The fourth-order valence-corrected chi connectivity index (χ4v) is 2.83. The molecule has 2 aromatic heterocycles. The van der Waals surface area contributed by atoms with Gasteiger partial charge < -0.3 is 9.15 Å². The van der Waals surface area contributed by atoms with E-state index < -0.39 is 0 Å². The molecule has 3 aromatic rings. The van der Waals surface area contributed by atoms with Crippen molar-refractivity contribution < 1.29 is 9.15 Å². The van der Waals surface area contributed by atoms with Crippen LogP contribution in [0.2, 0.25) is 0 Å². The van der Waals surface area contributed by atoms with Crippen molar-refractivity contribution in [1.82, 2.24) is 4.98 Å². The van der Waals surface area contributed by atoms with E-state index in [1.165, 1.54) is 23.8 Å². The molecule has 0 aliphatic heterocycles. The van der Waals surface area contributed by atoms with Crippen LogP contribution in [0.3, 0.4) is 0 Å². The van der Waals surface area contributed by atoms with Gasteiger partial charge in [-0.25, -0.2) is 0 Å². The van der Waals surface area contributed by atoms with Gasteiger partial charge in [-0.1, -0.05) is 6.07 Å².